The zero-order valence-corrected chi connectivity index (χ0v) is 23.3. The van der Waals surface area contributed by atoms with Gasteiger partial charge in [-0.15, -0.1) is 0 Å². The maximum atomic E-state index is 13.8. The van der Waals surface area contributed by atoms with Crippen LogP contribution in [0.4, 0.5) is 11.4 Å². The number of hydrogen-bond acceptors (Lipinski definition) is 6. The van der Waals surface area contributed by atoms with Gasteiger partial charge in [-0.2, -0.15) is 4.76 Å². The van der Waals surface area contributed by atoms with E-state index in [1.807, 2.05) is 20.8 Å². The molecule has 10 nitrogen and oxygen atoms in total. The number of fused-ring (bicyclic) bond motifs is 1. The Morgan fingerprint density at radius 1 is 1.20 bits per heavy atom. The van der Waals surface area contributed by atoms with Crippen LogP contribution in [0.15, 0.2) is 34.3 Å². The Morgan fingerprint density at radius 2 is 1.83 bits per heavy atom. The number of nitrogens with zero attached hydrogens (tertiary/aromatic N) is 2. The minimum absolute atomic E-state index is 0.00158. The number of rotatable bonds is 6. The van der Waals surface area contributed by atoms with E-state index in [4.69, 9.17) is 0 Å². The molecule has 1 aromatic carbocycles. The van der Waals surface area contributed by atoms with E-state index < -0.39 is 28.9 Å². The molecule has 0 aliphatic carbocycles. The van der Waals surface area contributed by atoms with Gasteiger partial charge in [0.1, 0.15) is 11.3 Å². The highest BCUT2D eigenvalue weighted by Gasteiger charge is 2.48. The average molecular weight is 526 g/mol. The second kappa shape index (κ2) is 8.94. The molecule has 12 heteroatoms. The molecular weight excluding hydrogens is 489 g/mol. The van der Waals surface area contributed by atoms with E-state index in [1.165, 1.54) is 19.2 Å². The molecule has 2 atom stereocenters. The van der Waals surface area contributed by atoms with E-state index in [-0.39, 0.29) is 39.5 Å². The Hall–Kier alpha value is -2.36. The summed E-state index contributed by atoms with van der Waals surface area (Å²) in [6.45, 7) is 12.6. The van der Waals surface area contributed by atoms with E-state index in [0.29, 0.717) is 12.2 Å². The molecule has 194 valence electrons. The lowest BCUT2D eigenvalue weighted by Crippen LogP contribution is -2.45. The summed E-state index contributed by atoms with van der Waals surface area (Å²) >= 11 is 0. The maximum absolute atomic E-state index is 13.8. The molecule has 2 heterocycles. The average Bonchev–Trinajstić information content (AvgIpc) is 2.94. The molecule has 1 amide bonds. The summed E-state index contributed by atoms with van der Waals surface area (Å²) in [6, 6.07) is 3.97. The number of amidine groups is 1. The lowest BCUT2D eigenvalue weighted by atomic mass is 9.84. The van der Waals surface area contributed by atoms with Gasteiger partial charge in [0.05, 0.1) is 23.3 Å². The summed E-state index contributed by atoms with van der Waals surface area (Å²) in [5.74, 6) is -0.461. The number of hydrogen-bond donors (Lipinski definition) is 4. The molecule has 0 spiro atoms. The quantitative estimate of drug-likeness (QED) is 0.417. The van der Waals surface area contributed by atoms with Crippen molar-refractivity contribution < 1.29 is 22.9 Å². The number of anilines is 2. The van der Waals surface area contributed by atoms with Crippen molar-refractivity contribution in [3.05, 3.63) is 29.5 Å². The summed E-state index contributed by atoms with van der Waals surface area (Å²) in [7, 11) is -5.69. The summed E-state index contributed by atoms with van der Waals surface area (Å²) in [5.41, 5.74) is 0.173. The van der Waals surface area contributed by atoms with Crippen LogP contribution in [0, 0.1) is 10.8 Å². The molecule has 2 aliphatic rings. The van der Waals surface area contributed by atoms with Crippen LogP contribution in [0.5, 0.6) is 0 Å². The first-order valence-corrected chi connectivity index (χ1v) is 14.9. The predicted octanol–water partition coefficient (Wildman–Crippen LogP) is 3.43. The van der Waals surface area contributed by atoms with E-state index in [1.54, 1.807) is 11.0 Å². The van der Waals surface area contributed by atoms with Crippen molar-refractivity contribution in [2.24, 2.45) is 15.6 Å². The molecule has 2 unspecified atom stereocenters. The third kappa shape index (κ3) is 5.73. The highest BCUT2D eigenvalue weighted by molar-refractivity contribution is 7.92. The number of nitrogens with one attached hydrogen (secondary N) is 3. The van der Waals surface area contributed by atoms with Gasteiger partial charge in [-0.25, -0.2) is 13.5 Å². The number of carbonyl (C=O) groups excluding carboxylic acids is 1. The molecule has 0 fully saturated rings. The zero-order valence-electron chi connectivity index (χ0n) is 21.6. The Labute approximate surface area is 207 Å². The van der Waals surface area contributed by atoms with Gasteiger partial charge in [0, 0.05) is 12.2 Å². The van der Waals surface area contributed by atoms with Crippen LogP contribution in [0.3, 0.4) is 0 Å². The number of amides is 1. The standard InChI is InChI=1S/C23H36N5O5PS/c1-22(2,3)11-12-28-19(23(4,5)6)18(29)17(21(28)30)20-25-15-10-9-14(27-35(8,32)33)13-16(15)34(31,24-7)26-20/h9-10,13,19,27,29H,11-12H2,1-8H3,(H2,24,25,26,31). The monoisotopic (exact) mass is 525 g/mol. The van der Waals surface area contributed by atoms with Gasteiger partial charge < -0.3 is 15.3 Å². The van der Waals surface area contributed by atoms with Gasteiger partial charge in [-0.3, -0.25) is 14.1 Å². The van der Waals surface area contributed by atoms with Gasteiger partial charge in [0.25, 0.3) is 13.4 Å². The van der Waals surface area contributed by atoms with Crippen molar-refractivity contribution in [1.29, 1.82) is 0 Å². The Morgan fingerprint density at radius 3 is 2.34 bits per heavy atom. The summed E-state index contributed by atoms with van der Waals surface area (Å²) in [5, 5.41) is 17.3. The van der Waals surface area contributed by atoms with Crippen LogP contribution < -0.4 is 20.4 Å². The summed E-state index contributed by atoms with van der Waals surface area (Å²) < 4.78 is 43.8. The second-order valence-corrected chi connectivity index (χ2v) is 15.3. The summed E-state index contributed by atoms with van der Waals surface area (Å²) in [4.78, 5) is 15.3. The molecule has 4 N–H and O–H groups in total. The molecular formula is C23H36N5O5PS. The van der Waals surface area contributed by atoms with Crippen molar-refractivity contribution in [3.8, 4) is 0 Å². The third-order valence-electron chi connectivity index (χ3n) is 5.89. The van der Waals surface area contributed by atoms with E-state index >= 15 is 0 Å². The Kier molecular flexibility index (Phi) is 6.96. The lowest BCUT2D eigenvalue weighted by molar-refractivity contribution is -0.128. The van der Waals surface area contributed by atoms with E-state index in [9.17, 15) is 22.9 Å². The molecule has 3 rings (SSSR count). The fourth-order valence-corrected chi connectivity index (χ4v) is 6.44. The van der Waals surface area contributed by atoms with Crippen LogP contribution in [0.25, 0.3) is 0 Å². The Bertz CT molecular complexity index is 1260. The molecule has 0 aromatic heterocycles. The van der Waals surface area contributed by atoms with Crippen LogP contribution >= 0.6 is 7.44 Å². The molecule has 1 aromatic rings. The zero-order chi connectivity index (χ0) is 26.6. The minimum atomic E-state index is -3.64. The highest BCUT2D eigenvalue weighted by atomic mass is 32.2. The first-order chi connectivity index (χ1) is 15.9. The molecule has 2 aliphatic heterocycles. The van der Waals surface area contributed by atoms with Crippen LogP contribution in [-0.4, -0.2) is 56.1 Å². The number of aliphatic hydroxyl groups excluding tert-OH is 1. The van der Waals surface area contributed by atoms with Crippen molar-refractivity contribution in [2.45, 2.75) is 54.0 Å². The molecule has 0 saturated carbocycles. The van der Waals surface area contributed by atoms with Gasteiger partial charge in [-0.1, -0.05) is 41.5 Å². The first-order valence-electron chi connectivity index (χ1n) is 11.4. The molecule has 0 radical (unpaired) electrons. The second-order valence-electron chi connectivity index (χ2n) is 11.3. The van der Waals surface area contributed by atoms with Crippen LogP contribution in [0.2, 0.25) is 0 Å². The van der Waals surface area contributed by atoms with Crippen molar-refractivity contribution in [3.63, 3.8) is 0 Å². The fraction of sp³-hybridized carbons (Fsp3) is 0.565. The van der Waals surface area contributed by atoms with E-state index in [0.717, 1.165) is 12.7 Å². The normalized spacial score (nSPS) is 23.2. The van der Waals surface area contributed by atoms with Crippen LogP contribution in [-0.2, 0) is 19.4 Å². The van der Waals surface area contributed by atoms with Crippen molar-refractivity contribution in [2.75, 3.05) is 29.9 Å². The minimum Gasteiger partial charge on any atom is -0.509 e. The highest BCUT2D eigenvalue weighted by Crippen LogP contribution is 2.48. The molecule has 35 heavy (non-hydrogen) atoms. The van der Waals surface area contributed by atoms with Crippen molar-refractivity contribution in [1.82, 2.24) is 9.99 Å². The third-order valence-corrected chi connectivity index (χ3v) is 8.60. The first kappa shape index (κ1) is 27.2. The smallest absolute Gasteiger partial charge is 0.288 e. The number of sulfonamides is 1. The lowest BCUT2D eigenvalue weighted by Gasteiger charge is -2.36. The van der Waals surface area contributed by atoms with Crippen LogP contribution in [0.1, 0.15) is 48.0 Å². The van der Waals surface area contributed by atoms with Gasteiger partial charge in [-0.05, 0) is 42.5 Å². The van der Waals surface area contributed by atoms with Gasteiger partial charge in [0.15, 0.2) is 5.84 Å². The fourth-order valence-electron chi connectivity index (χ4n) is 4.24. The van der Waals surface area contributed by atoms with Gasteiger partial charge in [0.2, 0.25) is 10.0 Å². The maximum Gasteiger partial charge on any atom is 0.288 e. The Balaban J connectivity index is 2.08. The largest absolute Gasteiger partial charge is 0.509 e. The molecule has 0 bridgehead atoms. The number of benzene rings is 1. The van der Waals surface area contributed by atoms with Gasteiger partial charge >= 0.3 is 0 Å². The van der Waals surface area contributed by atoms with Crippen molar-refractivity contribution >= 4 is 45.9 Å². The molecule has 0 saturated heterocycles. The topological polar surface area (TPSA) is 140 Å². The van der Waals surface area contributed by atoms with E-state index in [2.05, 4.69) is 40.7 Å². The SMILES string of the molecule is CNP1(=O)N=C(C2=C(O)C(C(C)(C)C)N(CCC(C)(C)C)C2=O)Nc2ccc(NS(C)(=O)=O)cc21. The number of carbonyl (C=O) groups is 1. The summed E-state index contributed by atoms with van der Waals surface area (Å²) in [6.07, 6.45) is 1.76. The number of aliphatic hydroxyl groups is 1. The predicted molar refractivity (Wildman–Crippen MR) is 141 cm³/mol.